The second-order valence-electron chi connectivity index (χ2n) is 3.17. The summed E-state index contributed by atoms with van der Waals surface area (Å²) in [4.78, 5) is 0. The van der Waals surface area contributed by atoms with E-state index in [2.05, 4.69) is 0 Å². The van der Waals surface area contributed by atoms with Crippen LogP contribution < -0.4 is 0 Å². The van der Waals surface area contributed by atoms with E-state index in [1.165, 1.54) is 0 Å². The highest BCUT2D eigenvalue weighted by molar-refractivity contribution is 6.31. The van der Waals surface area contributed by atoms with Gasteiger partial charge in [0.2, 0.25) is 0 Å². The van der Waals surface area contributed by atoms with Gasteiger partial charge in [-0.15, -0.1) is 0 Å². The maximum atomic E-state index is 12.8. The number of hydrogen-bond acceptors (Lipinski definition) is 1. The van der Waals surface area contributed by atoms with Gasteiger partial charge in [0.25, 0.3) is 0 Å². The van der Waals surface area contributed by atoms with Gasteiger partial charge in [-0.3, -0.25) is 0 Å². The van der Waals surface area contributed by atoms with Crippen molar-refractivity contribution in [3.63, 3.8) is 0 Å². The van der Waals surface area contributed by atoms with E-state index in [1.54, 1.807) is 0 Å². The molecule has 1 unspecified atom stereocenters. The molecule has 0 bridgehead atoms. The lowest BCUT2D eigenvalue weighted by Gasteiger charge is -2.22. The molecule has 0 heterocycles. The van der Waals surface area contributed by atoms with E-state index < -0.39 is 40.7 Å². The van der Waals surface area contributed by atoms with Crippen molar-refractivity contribution in [2.75, 3.05) is 0 Å². The molecule has 1 nitrogen and oxygen atoms in total. The van der Waals surface area contributed by atoms with Crippen LogP contribution in [0.15, 0.2) is 12.1 Å². The molecule has 0 amide bonds. The number of rotatable bonds is 3. The monoisotopic (exact) mass is 278 g/mol. The molecular formula is C9H5ClF6O. The van der Waals surface area contributed by atoms with E-state index in [9.17, 15) is 26.3 Å². The fourth-order valence-electron chi connectivity index (χ4n) is 1.07. The Morgan fingerprint density at radius 2 is 1.59 bits per heavy atom. The van der Waals surface area contributed by atoms with E-state index in [4.69, 9.17) is 16.7 Å². The highest BCUT2D eigenvalue weighted by atomic mass is 35.5. The minimum absolute atomic E-state index is 0.151. The maximum absolute atomic E-state index is 12.8. The topological polar surface area (TPSA) is 20.2 Å². The van der Waals surface area contributed by atoms with Gasteiger partial charge in [-0.05, 0) is 12.1 Å². The molecule has 1 N–H and O–H groups in total. The fourth-order valence-corrected chi connectivity index (χ4v) is 1.33. The van der Waals surface area contributed by atoms with Crippen molar-refractivity contribution >= 4 is 11.6 Å². The average molecular weight is 279 g/mol. The molecule has 0 aliphatic carbocycles. The zero-order valence-electron chi connectivity index (χ0n) is 7.90. The molecule has 0 aliphatic rings. The first-order valence-corrected chi connectivity index (χ1v) is 4.54. The first-order chi connectivity index (χ1) is 7.67. The Hall–Kier alpha value is -0.950. The molecule has 1 aromatic rings. The normalized spacial score (nSPS) is 14.2. The van der Waals surface area contributed by atoms with Crippen LogP contribution in [0.25, 0.3) is 0 Å². The quantitative estimate of drug-likeness (QED) is 0.662. The van der Waals surface area contributed by atoms with Gasteiger partial charge in [-0.2, -0.15) is 8.78 Å². The Bertz CT molecular complexity index is 422. The van der Waals surface area contributed by atoms with Crippen molar-refractivity contribution in [2.24, 2.45) is 0 Å². The number of aliphatic hydroxyl groups is 1. The van der Waals surface area contributed by atoms with Crippen molar-refractivity contribution in [3.8, 4) is 0 Å². The van der Waals surface area contributed by atoms with E-state index in [1.807, 2.05) is 0 Å². The van der Waals surface area contributed by atoms with E-state index in [0.717, 1.165) is 0 Å². The van der Waals surface area contributed by atoms with Gasteiger partial charge in [0.05, 0.1) is 0 Å². The third-order valence-corrected chi connectivity index (χ3v) is 2.32. The lowest BCUT2D eigenvalue weighted by atomic mass is 10.0. The van der Waals surface area contributed by atoms with E-state index in [0.29, 0.717) is 6.07 Å². The smallest absolute Gasteiger partial charge is 0.336 e. The second-order valence-corrected chi connectivity index (χ2v) is 3.57. The molecule has 0 aromatic heterocycles. The lowest BCUT2D eigenvalue weighted by Crippen LogP contribution is -2.34. The summed E-state index contributed by atoms with van der Waals surface area (Å²) >= 11 is 5.26. The molecular weight excluding hydrogens is 274 g/mol. The Morgan fingerprint density at radius 1 is 1.12 bits per heavy atom. The number of aliphatic hydroxyl groups excluding tert-OH is 1. The molecule has 0 saturated heterocycles. The summed E-state index contributed by atoms with van der Waals surface area (Å²) in [5.41, 5.74) is -1.00. The predicted octanol–water partition coefficient (Wildman–Crippen LogP) is 3.55. The Labute approximate surface area is 96.6 Å². The molecule has 0 saturated carbocycles. The Kier molecular flexibility index (Phi) is 3.93. The number of benzene rings is 1. The summed E-state index contributed by atoms with van der Waals surface area (Å²) < 4.78 is 74.7. The molecule has 1 rings (SSSR count). The van der Waals surface area contributed by atoms with Crippen molar-refractivity contribution in [1.29, 1.82) is 0 Å². The highest BCUT2D eigenvalue weighted by Crippen LogP contribution is 2.39. The third-order valence-electron chi connectivity index (χ3n) is 1.99. The molecule has 0 aliphatic heterocycles. The Morgan fingerprint density at radius 3 is 2.06 bits per heavy atom. The van der Waals surface area contributed by atoms with Gasteiger partial charge in [0.15, 0.2) is 11.6 Å². The van der Waals surface area contributed by atoms with E-state index in [-0.39, 0.29) is 6.07 Å². The summed E-state index contributed by atoms with van der Waals surface area (Å²) in [5, 5.41) is 8.24. The zero-order chi connectivity index (χ0) is 13.4. The molecule has 0 radical (unpaired) electrons. The molecule has 1 atom stereocenters. The SMILES string of the molecule is OC(c1cc(F)c(F)cc1Cl)C(F)(F)C(F)F. The van der Waals surface area contributed by atoms with Crippen LogP contribution in [0.2, 0.25) is 5.02 Å². The van der Waals surface area contributed by atoms with Crippen LogP contribution in [0.5, 0.6) is 0 Å². The lowest BCUT2D eigenvalue weighted by molar-refractivity contribution is -0.193. The summed E-state index contributed by atoms with van der Waals surface area (Å²) in [6, 6.07) is 0.468. The minimum Gasteiger partial charge on any atom is -0.382 e. The van der Waals surface area contributed by atoms with Crippen molar-refractivity contribution in [3.05, 3.63) is 34.4 Å². The first-order valence-electron chi connectivity index (χ1n) is 4.16. The highest BCUT2D eigenvalue weighted by Gasteiger charge is 2.49. The zero-order valence-corrected chi connectivity index (χ0v) is 8.66. The van der Waals surface area contributed by atoms with Gasteiger partial charge in [-0.25, -0.2) is 17.6 Å². The largest absolute Gasteiger partial charge is 0.382 e. The Balaban J connectivity index is 3.21. The van der Waals surface area contributed by atoms with Gasteiger partial charge >= 0.3 is 12.3 Å². The maximum Gasteiger partial charge on any atom is 0.336 e. The number of halogens is 7. The van der Waals surface area contributed by atoms with Crippen molar-refractivity contribution in [2.45, 2.75) is 18.5 Å². The molecule has 0 fully saturated rings. The molecule has 0 spiro atoms. The summed E-state index contributed by atoms with van der Waals surface area (Å²) in [6.07, 6.45) is -7.19. The number of hydrogen-bond donors (Lipinski definition) is 1. The summed E-state index contributed by atoms with van der Waals surface area (Å²) in [6.45, 7) is 0. The van der Waals surface area contributed by atoms with Crippen LogP contribution in [0.1, 0.15) is 11.7 Å². The number of alkyl halides is 4. The van der Waals surface area contributed by atoms with Gasteiger partial charge in [0, 0.05) is 10.6 Å². The van der Waals surface area contributed by atoms with Gasteiger partial charge in [-0.1, -0.05) is 11.6 Å². The second kappa shape index (κ2) is 4.73. The van der Waals surface area contributed by atoms with Crippen LogP contribution in [-0.2, 0) is 0 Å². The first kappa shape index (κ1) is 14.1. The van der Waals surface area contributed by atoms with E-state index >= 15 is 0 Å². The van der Waals surface area contributed by atoms with Gasteiger partial charge in [0.1, 0.15) is 6.10 Å². The summed E-state index contributed by atoms with van der Waals surface area (Å²) in [7, 11) is 0. The van der Waals surface area contributed by atoms with Crippen molar-refractivity contribution in [1.82, 2.24) is 0 Å². The van der Waals surface area contributed by atoms with Crippen molar-refractivity contribution < 1.29 is 31.4 Å². The van der Waals surface area contributed by atoms with Gasteiger partial charge < -0.3 is 5.11 Å². The summed E-state index contributed by atoms with van der Waals surface area (Å²) in [5.74, 6) is -7.83. The fraction of sp³-hybridized carbons (Fsp3) is 0.333. The van der Waals surface area contributed by atoms with Crippen LogP contribution in [-0.4, -0.2) is 17.5 Å². The van der Waals surface area contributed by atoms with Crippen LogP contribution >= 0.6 is 11.6 Å². The molecule has 17 heavy (non-hydrogen) atoms. The average Bonchev–Trinajstić information content (AvgIpc) is 2.22. The standard InChI is InChI=1S/C9H5ClF6O/c10-4-2-6(12)5(11)1-3(4)7(17)9(15,16)8(13)14/h1-2,7-8,17H. The minimum atomic E-state index is -4.81. The molecule has 8 heteroatoms. The predicted molar refractivity (Wildman–Crippen MR) is 47.3 cm³/mol. The molecule has 1 aromatic carbocycles. The molecule has 96 valence electrons. The van der Waals surface area contributed by atoms with Crippen LogP contribution in [0.3, 0.4) is 0 Å². The van der Waals surface area contributed by atoms with Crippen LogP contribution in [0.4, 0.5) is 26.3 Å². The van der Waals surface area contributed by atoms with Crippen LogP contribution in [0, 0.1) is 11.6 Å². The third kappa shape index (κ3) is 2.66.